The molecule has 0 radical (unpaired) electrons. The fourth-order valence-electron chi connectivity index (χ4n) is 1.98. The number of benzene rings is 1. The lowest BCUT2D eigenvalue weighted by Gasteiger charge is -2.16. The molecule has 0 aliphatic carbocycles. The molecule has 0 unspecified atom stereocenters. The highest BCUT2D eigenvalue weighted by molar-refractivity contribution is 7.91. The van der Waals surface area contributed by atoms with Gasteiger partial charge in [0.15, 0.2) is 9.84 Å². The van der Waals surface area contributed by atoms with E-state index in [1.54, 1.807) is 0 Å². The molecule has 112 valence electrons. The Morgan fingerprint density at radius 1 is 1.30 bits per heavy atom. The Bertz CT molecular complexity index is 729. The number of aliphatic hydroxyl groups excluding tert-OH is 1. The summed E-state index contributed by atoms with van der Waals surface area (Å²) in [6.45, 7) is -0.0447. The Balaban J connectivity index is 2.52. The summed E-state index contributed by atoms with van der Waals surface area (Å²) >= 11 is 0. The van der Waals surface area contributed by atoms with E-state index < -0.39 is 36.7 Å². The number of sulfone groups is 1. The second-order valence-corrected chi connectivity index (χ2v) is 8.59. The normalized spacial score (nSPS) is 21.2. The maximum Gasteiger partial charge on any atom is 0.246 e. The van der Waals surface area contributed by atoms with E-state index in [0.29, 0.717) is 0 Å². The molecule has 20 heavy (non-hydrogen) atoms. The maximum absolute atomic E-state index is 13.7. The molecule has 0 bridgehead atoms. The van der Waals surface area contributed by atoms with Crippen LogP contribution in [0.1, 0.15) is 6.42 Å². The number of aliphatic hydroxyl groups is 1. The van der Waals surface area contributed by atoms with Crippen LogP contribution in [0.4, 0.5) is 4.39 Å². The van der Waals surface area contributed by atoms with Gasteiger partial charge in [-0.25, -0.2) is 21.2 Å². The smallest absolute Gasteiger partial charge is 0.246 e. The van der Waals surface area contributed by atoms with Crippen LogP contribution in [-0.2, 0) is 19.9 Å². The lowest BCUT2D eigenvalue weighted by Crippen LogP contribution is -2.30. The van der Waals surface area contributed by atoms with Gasteiger partial charge in [-0.1, -0.05) is 0 Å². The van der Waals surface area contributed by atoms with E-state index in [4.69, 9.17) is 0 Å². The second-order valence-electron chi connectivity index (χ2n) is 4.67. The minimum atomic E-state index is -4.15. The quantitative estimate of drug-likeness (QED) is 0.790. The van der Waals surface area contributed by atoms with E-state index in [2.05, 4.69) is 0 Å². The molecule has 0 saturated carbocycles. The number of halogens is 1. The Morgan fingerprint density at radius 2 is 1.95 bits per heavy atom. The van der Waals surface area contributed by atoms with E-state index in [1.165, 1.54) is 0 Å². The van der Waals surface area contributed by atoms with Gasteiger partial charge < -0.3 is 5.11 Å². The van der Waals surface area contributed by atoms with Gasteiger partial charge in [-0.2, -0.15) is 4.31 Å². The topological polar surface area (TPSA) is 91.8 Å². The summed E-state index contributed by atoms with van der Waals surface area (Å²) in [6.07, 6.45) is 0.397. The first-order valence-electron chi connectivity index (χ1n) is 5.80. The van der Waals surface area contributed by atoms with E-state index in [1.807, 2.05) is 0 Å². The number of nitrogens with zero attached hydrogens (tertiary/aromatic N) is 1. The van der Waals surface area contributed by atoms with Crippen LogP contribution in [0.15, 0.2) is 28.0 Å². The van der Waals surface area contributed by atoms with Gasteiger partial charge in [0.05, 0.1) is 11.0 Å². The van der Waals surface area contributed by atoms with Crippen molar-refractivity contribution in [2.75, 3.05) is 19.3 Å². The van der Waals surface area contributed by atoms with Crippen molar-refractivity contribution in [2.24, 2.45) is 0 Å². The molecule has 0 spiro atoms. The summed E-state index contributed by atoms with van der Waals surface area (Å²) in [7, 11) is -7.79. The van der Waals surface area contributed by atoms with Crippen molar-refractivity contribution < 1.29 is 26.3 Å². The zero-order chi connectivity index (χ0) is 15.1. The highest BCUT2D eigenvalue weighted by Gasteiger charge is 2.34. The molecule has 1 saturated heterocycles. The highest BCUT2D eigenvalue weighted by Crippen LogP contribution is 2.25. The molecule has 1 aliphatic heterocycles. The standard InChI is InChI=1S/C11H14FNO5S2/c1-19(15,16)9-2-3-10(12)11(6-9)20(17,18)13-5-4-8(14)7-13/h2-3,6,8,14H,4-5,7H2,1H3/t8-/m0/s1. The second kappa shape index (κ2) is 5.06. The average Bonchev–Trinajstić information content (AvgIpc) is 2.75. The molecule has 2 rings (SSSR count). The van der Waals surface area contributed by atoms with Crippen molar-refractivity contribution in [3.8, 4) is 0 Å². The van der Waals surface area contributed by atoms with Crippen molar-refractivity contribution in [2.45, 2.75) is 22.3 Å². The van der Waals surface area contributed by atoms with Gasteiger partial charge in [-0.3, -0.25) is 0 Å². The van der Waals surface area contributed by atoms with Gasteiger partial charge in [0.2, 0.25) is 10.0 Å². The zero-order valence-corrected chi connectivity index (χ0v) is 12.3. The number of hydrogen-bond acceptors (Lipinski definition) is 5. The molecule has 9 heteroatoms. The predicted molar refractivity (Wildman–Crippen MR) is 68.9 cm³/mol. The fraction of sp³-hybridized carbons (Fsp3) is 0.455. The minimum absolute atomic E-state index is 0.0754. The molecule has 1 N–H and O–H groups in total. The van der Waals surface area contributed by atoms with Crippen molar-refractivity contribution in [1.82, 2.24) is 4.31 Å². The predicted octanol–water partition coefficient (Wildman–Crippen LogP) is -0.0155. The molecule has 0 aromatic heterocycles. The van der Waals surface area contributed by atoms with Gasteiger partial charge in [0.25, 0.3) is 0 Å². The number of sulfonamides is 1. The van der Waals surface area contributed by atoms with Crippen LogP contribution in [0.25, 0.3) is 0 Å². The van der Waals surface area contributed by atoms with Crippen LogP contribution in [0, 0.1) is 5.82 Å². The van der Waals surface area contributed by atoms with Crippen molar-refractivity contribution in [1.29, 1.82) is 0 Å². The zero-order valence-electron chi connectivity index (χ0n) is 10.7. The largest absolute Gasteiger partial charge is 0.392 e. The molecule has 1 aromatic rings. The summed E-state index contributed by atoms with van der Waals surface area (Å²) in [4.78, 5) is -0.952. The Kier molecular flexibility index (Phi) is 3.89. The summed E-state index contributed by atoms with van der Waals surface area (Å²) in [5.41, 5.74) is 0. The van der Waals surface area contributed by atoms with Gasteiger partial charge in [-0.05, 0) is 24.6 Å². The lowest BCUT2D eigenvalue weighted by atomic mass is 10.3. The van der Waals surface area contributed by atoms with Gasteiger partial charge in [0, 0.05) is 19.3 Å². The molecule has 0 amide bonds. The molecule has 1 heterocycles. The van der Waals surface area contributed by atoms with E-state index in [0.717, 1.165) is 28.8 Å². The molecule has 1 aliphatic rings. The monoisotopic (exact) mass is 323 g/mol. The van der Waals surface area contributed by atoms with Gasteiger partial charge in [-0.15, -0.1) is 0 Å². The van der Waals surface area contributed by atoms with Crippen LogP contribution >= 0.6 is 0 Å². The summed E-state index contributed by atoms with van der Waals surface area (Å²) in [5.74, 6) is -1.02. The van der Waals surface area contributed by atoms with Crippen LogP contribution < -0.4 is 0 Å². The van der Waals surface area contributed by atoms with Crippen LogP contribution in [0.5, 0.6) is 0 Å². The first-order chi connectivity index (χ1) is 9.12. The number of hydrogen-bond donors (Lipinski definition) is 1. The Morgan fingerprint density at radius 3 is 2.45 bits per heavy atom. The van der Waals surface area contributed by atoms with Crippen molar-refractivity contribution >= 4 is 19.9 Å². The third-order valence-corrected chi connectivity index (χ3v) is 6.07. The van der Waals surface area contributed by atoms with E-state index >= 15 is 0 Å². The maximum atomic E-state index is 13.7. The Hall–Kier alpha value is -1.03. The highest BCUT2D eigenvalue weighted by atomic mass is 32.2. The molecule has 1 atom stereocenters. The molecular weight excluding hydrogens is 309 g/mol. The van der Waals surface area contributed by atoms with Crippen molar-refractivity contribution in [3.63, 3.8) is 0 Å². The van der Waals surface area contributed by atoms with E-state index in [9.17, 15) is 26.3 Å². The third kappa shape index (κ3) is 2.85. The third-order valence-electron chi connectivity index (χ3n) is 3.07. The summed E-state index contributed by atoms with van der Waals surface area (Å²) in [6, 6.07) is 2.64. The van der Waals surface area contributed by atoms with Crippen molar-refractivity contribution in [3.05, 3.63) is 24.0 Å². The SMILES string of the molecule is CS(=O)(=O)c1ccc(F)c(S(=O)(=O)N2CC[C@H](O)C2)c1. The molecule has 1 fully saturated rings. The summed E-state index contributed by atoms with van der Waals surface area (Å²) in [5, 5.41) is 9.37. The first kappa shape index (κ1) is 15.4. The van der Waals surface area contributed by atoms with Crippen LogP contribution in [0.2, 0.25) is 0 Å². The average molecular weight is 323 g/mol. The van der Waals surface area contributed by atoms with E-state index in [-0.39, 0.29) is 24.4 Å². The van der Waals surface area contributed by atoms with Gasteiger partial charge >= 0.3 is 0 Å². The number of rotatable bonds is 3. The van der Waals surface area contributed by atoms with Gasteiger partial charge in [0.1, 0.15) is 10.7 Å². The first-order valence-corrected chi connectivity index (χ1v) is 9.13. The lowest BCUT2D eigenvalue weighted by molar-refractivity contribution is 0.189. The molecular formula is C11H14FNO5S2. The Labute approximate surface area is 116 Å². The van der Waals surface area contributed by atoms with Crippen LogP contribution in [0.3, 0.4) is 0 Å². The fourth-order valence-corrected chi connectivity index (χ4v) is 4.28. The number of β-amino-alcohol motifs (C(OH)–C–C–N with tert-alkyl or cyclic N) is 1. The summed E-state index contributed by atoms with van der Waals surface area (Å²) < 4.78 is 62.1. The van der Waals surface area contributed by atoms with Crippen LogP contribution in [-0.4, -0.2) is 51.7 Å². The minimum Gasteiger partial charge on any atom is -0.392 e. The molecule has 1 aromatic carbocycles. The molecule has 6 nitrogen and oxygen atoms in total.